The van der Waals surface area contributed by atoms with Crippen molar-refractivity contribution in [2.45, 2.75) is 13.1 Å². The van der Waals surface area contributed by atoms with Crippen LogP contribution < -0.4 is 0 Å². The maximum Gasteiger partial charge on any atom is 0.455 e. The summed E-state index contributed by atoms with van der Waals surface area (Å²) in [6.45, 7) is 1.01. The van der Waals surface area contributed by atoms with Gasteiger partial charge in [-0.25, -0.2) is 4.79 Å². The molecule has 1 aromatic rings. The first-order chi connectivity index (χ1) is 10.0. The minimum atomic E-state index is -5.55. The van der Waals surface area contributed by atoms with Crippen molar-refractivity contribution in [1.82, 2.24) is 0 Å². The molecule has 0 spiro atoms. The van der Waals surface area contributed by atoms with E-state index in [4.69, 9.17) is 0 Å². The van der Waals surface area contributed by atoms with Gasteiger partial charge in [-0.2, -0.15) is 13.2 Å². The number of phenols is 2. The quantitative estimate of drug-likeness (QED) is 0.285. The number of alkyl halides is 3. The Bertz CT molecular complexity index is 654. The van der Waals surface area contributed by atoms with E-state index in [-0.39, 0.29) is 6.61 Å². The van der Waals surface area contributed by atoms with Crippen LogP contribution in [0, 0.1) is 10.1 Å². The Balaban J connectivity index is 3.81. The highest BCUT2D eigenvalue weighted by atomic mass is 19.4. The van der Waals surface area contributed by atoms with Crippen LogP contribution in [0.1, 0.15) is 27.6 Å². The first-order valence-corrected chi connectivity index (χ1v) is 5.54. The number of carbonyl (C=O) groups is 2. The number of nitro benzene ring substituents is 1. The second-order valence-electron chi connectivity index (χ2n) is 3.82. The molecule has 0 aromatic heterocycles. The zero-order valence-corrected chi connectivity index (χ0v) is 10.8. The van der Waals surface area contributed by atoms with Crippen molar-refractivity contribution < 1.29 is 42.6 Å². The largest absolute Gasteiger partial charge is 0.504 e. The Morgan fingerprint density at radius 2 is 1.91 bits per heavy atom. The van der Waals surface area contributed by atoms with Crippen LogP contribution in [0.25, 0.3) is 0 Å². The number of ether oxygens (including phenoxy) is 1. The van der Waals surface area contributed by atoms with E-state index in [1.807, 2.05) is 0 Å². The Labute approximate surface area is 119 Å². The number of esters is 1. The molecule has 1 rings (SSSR count). The summed E-state index contributed by atoms with van der Waals surface area (Å²) in [5, 5.41) is 29.5. The van der Waals surface area contributed by atoms with Gasteiger partial charge in [0.1, 0.15) is 5.56 Å². The molecular weight excluding hydrogens is 315 g/mol. The lowest BCUT2D eigenvalue weighted by Gasteiger charge is -2.12. The van der Waals surface area contributed by atoms with Crippen molar-refractivity contribution in [3.8, 4) is 11.5 Å². The topological polar surface area (TPSA) is 127 Å². The van der Waals surface area contributed by atoms with E-state index in [2.05, 4.69) is 4.74 Å². The van der Waals surface area contributed by atoms with Crippen molar-refractivity contribution in [2.75, 3.05) is 6.61 Å². The summed E-state index contributed by atoms with van der Waals surface area (Å²) in [5.41, 5.74) is -4.61. The van der Waals surface area contributed by atoms with Gasteiger partial charge in [0.2, 0.25) is 5.75 Å². The average molecular weight is 323 g/mol. The fourth-order valence-electron chi connectivity index (χ4n) is 1.56. The van der Waals surface area contributed by atoms with Gasteiger partial charge in [0.25, 0.3) is 5.78 Å². The Morgan fingerprint density at radius 3 is 2.32 bits per heavy atom. The third-order valence-electron chi connectivity index (χ3n) is 2.42. The number of ketones is 1. The van der Waals surface area contributed by atoms with E-state index in [9.17, 15) is 43.1 Å². The van der Waals surface area contributed by atoms with Crippen LogP contribution in [0.5, 0.6) is 11.5 Å². The predicted octanol–water partition coefficient (Wildman–Crippen LogP) is 1.93. The zero-order valence-electron chi connectivity index (χ0n) is 10.8. The molecule has 0 radical (unpaired) electrons. The second kappa shape index (κ2) is 5.87. The average Bonchev–Trinajstić information content (AvgIpc) is 2.38. The van der Waals surface area contributed by atoms with Gasteiger partial charge in [-0.3, -0.25) is 14.9 Å². The van der Waals surface area contributed by atoms with E-state index >= 15 is 0 Å². The standard InChI is InChI=1S/C11H8F3NO7/c1-2-22-10(19)4-3-5(16)8(17)7(15(20)21)6(4)9(18)11(12,13)14/h3,16-17H,2H2,1H3. The van der Waals surface area contributed by atoms with Crippen molar-refractivity contribution in [3.05, 3.63) is 27.3 Å². The number of hydrogen-bond donors (Lipinski definition) is 2. The summed E-state index contributed by atoms with van der Waals surface area (Å²) in [6, 6.07) is 0.291. The lowest BCUT2D eigenvalue weighted by atomic mass is 9.99. The number of nitro groups is 1. The molecule has 2 N–H and O–H groups in total. The predicted molar refractivity (Wildman–Crippen MR) is 62.8 cm³/mol. The van der Waals surface area contributed by atoms with E-state index < -0.39 is 51.2 Å². The third kappa shape index (κ3) is 3.07. The lowest BCUT2D eigenvalue weighted by molar-refractivity contribution is -0.386. The van der Waals surface area contributed by atoms with Crippen molar-refractivity contribution >= 4 is 17.4 Å². The molecule has 0 heterocycles. The molecule has 0 amide bonds. The first-order valence-electron chi connectivity index (χ1n) is 5.54. The Morgan fingerprint density at radius 1 is 1.36 bits per heavy atom. The number of Topliss-reactive ketones (excluding diaryl/α,β-unsaturated/α-hetero) is 1. The number of rotatable bonds is 4. The monoisotopic (exact) mass is 323 g/mol. The van der Waals surface area contributed by atoms with E-state index in [1.165, 1.54) is 6.92 Å². The zero-order chi connectivity index (χ0) is 17.2. The van der Waals surface area contributed by atoms with E-state index in [0.717, 1.165) is 0 Å². The molecule has 0 aliphatic carbocycles. The fourth-order valence-corrected chi connectivity index (χ4v) is 1.56. The molecule has 1 aromatic carbocycles. The molecule has 0 saturated heterocycles. The van der Waals surface area contributed by atoms with Gasteiger partial charge in [0.15, 0.2) is 5.75 Å². The molecule has 0 saturated carbocycles. The number of hydrogen-bond acceptors (Lipinski definition) is 7. The molecule has 0 fully saturated rings. The fraction of sp³-hybridized carbons (Fsp3) is 0.273. The van der Waals surface area contributed by atoms with Gasteiger partial charge < -0.3 is 14.9 Å². The molecule has 0 unspecified atom stereocenters. The summed E-state index contributed by atoms with van der Waals surface area (Å²) in [6.07, 6.45) is -5.55. The second-order valence-corrected chi connectivity index (χ2v) is 3.82. The third-order valence-corrected chi connectivity index (χ3v) is 2.42. The Hall–Kier alpha value is -2.85. The molecule has 0 bridgehead atoms. The van der Waals surface area contributed by atoms with Crippen LogP contribution in [-0.2, 0) is 4.74 Å². The minimum absolute atomic E-state index is 0.291. The van der Waals surface area contributed by atoms with Gasteiger partial charge in [-0.05, 0) is 13.0 Å². The number of aromatic hydroxyl groups is 2. The SMILES string of the molecule is CCOC(=O)c1cc(O)c(O)c([N+](=O)[O-])c1C(=O)C(F)(F)F. The molecule has 11 heteroatoms. The van der Waals surface area contributed by atoms with Crippen molar-refractivity contribution in [3.63, 3.8) is 0 Å². The normalized spacial score (nSPS) is 11.1. The molecule has 0 aliphatic heterocycles. The van der Waals surface area contributed by atoms with Gasteiger partial charge in [-0.1, -0.05) is 0 Å². The highest BCUT2D eigenvalue weighted by molar-refractivity contribution is 6.12. The van der Waals surface area contributed by atoms with Crippen LogP contribution in [-0.4, -0.2) is 39.7 Å². The van der Waals surface area contributed by atoms with Crippen LogP contribution in [0.4, 0.5) is 18.9 Å². The summed E-state index contributed by atoms with van der Waals surface area (Å²) in [4.78, 5) is 32.2. The number of phenolic OH excluding ortho intramolecular Hbond substituents is 2. The number of carbonyl (C=O) groups excluding carboxylic acids is 2. The highest BCUT2D eigenvalue weighted by Gasteiger charge is 2.47. The molecule has 0 atom stereocenters. The smallest absolute Gasteiger partial charge is 0.455 e. The van der Waals surface area contributed by atoms with Crippen LogP contribution in [0.2, 0.25) is 0 Å². The van der Waals surface area contributed by atoms with Gasteiger partial charge >= 0.3 is 17.8 Å². The van der Waals surface area contributed by atoms with Gasteiger partial charge in [0.05, 0.1) is 17.1 Å². The summed E-state index contributed by atoms with van der Waals surface area (Å²) >= 11 is 0. The maximum atomic E-state index is 12.6. The molecule has 8 nitrogen and oxygen atoms in total. The summed E-state index contributed by atoms with van der Waals surface area (Å²) in [5.74, 6) is -7.02. The van der Waals surface area contributed by atoms with E-state index in [1.54, 1.807) is 0 Å². The number of nitrogens with zero attached hydrogens (tertiary/aromatic N) is 1. The van der Waals surface area contributed by atoms with Crippen LogP contribution in [0.3, 0.4) is 0 Å². The van der Waals surface area contributed by atoms with Crippen molar-refractivity contribution in [2.24, 2.45) is 0 Å². The molecular formula is C11H8F3NO7. The van der Waals surface area contributed by atoms with Crippen LogP contribution >= 0.6 is 0 Å². The number of benzene rings is 1. The van der Waals surface area contributed by atoms with E-state index in [0.29, 0.717) is 6.07 Å². The molecule has 0 aliphatic rings. The van der Waals surface area contributed by atoms with Gasteiger partial charge in [0, 0.05) is 0 Å². The molecule has 22 heavy (non-hydrogen) atoms. The highest BCUT2D eigenvalue weighted by Crippen LogP contribution is 2.42. The van der Waals surface area contributed by atoms with Crippen LogP contribution in [0.15, 0.2) is 6.07 Å². The summed E-state index contributed by atoms with van der Waals surface area (Å²) in [7, 11) is 0. The lowest BCUT2D eigenvalue weighted by Crippen LogP contribution is -2.26. The number of halogens is 3. The first kappa shape index (κ1) is 17.2. The molecule has 120 valence electrons. The van der Waals surface area contributed by atoms with Gasteiger partial charge in [-0.15, -0.1) is 0 Å². The van der Waals surface area contributed by atoms with Crippen molar-refractivity contribution in [1.29, 1.82) is 0 Å². The maximum absolute atomic E-state index is 12.6. The Kier molecular flexibility index (Phi) is 4.59. The minimum Gasteiger partial charge on any atom is -0.504 e. The summed E-state index contributed by atoms with van der Waals surface area (Å²) < 4.78 is 42.1.